The summed E-state index contributed by atoms with van der Waals surface area (Å²) < 4.78 is 2.21. The minimum absolute atomic E-state index is 0.661. The number of anilines is 1. The van der Waals surface area contributed by atoms with Gasteiger partial charge < -0.3 is 5.32 Å². The van der Waals surface area contributed by atoms with Gasteiger partial charge in [-0.05, 0) is 42.3 Å². The van der Waals surface area contributed by atoms with Gasteiger partial charge in [-0.15, -0.1) is 0 Å². The molecule has 108 valence electrons. The van der Waals surface area contributed by atoms with Gasteiger partial charge in [0.15, 0.2) is 5.13 Å². The van der Waals surface area contributed by atoms with Crippen LogP contribution in [-0.2, 0) is 6.42 Å². The standard InChI is InChI=1S/C15H11BrCl2N2S/c16-10-2-4-14-13(7-10)20-15(21-14)19-6-5-9-1-3-11(17)8-12(9)18/h1-4,7-8H,5-6H2,(H,19,20). The first kappa shape index (κ1) is 15.1. The van der Waals surface area contributed by atoms with E-state index in [0.717, 1.165) is 33.7 Å². The predicted molar refractivity (Wildman–Crippen MR) is 96.0 cm³/mol. The first-order chi connectivity index (χ1) is 10.1. The summed E-state index contributed by atoms with van der Waals surface area (Å²) in [6.45, 7) is 0.780. The molecule has 0 spiro atoms. The zero-order chi connectivity index (χ0) is 14.8. The van der Waals surface area contributed by atoms with Crippen LogP contribution in [-0.4, -0.2) is 11.5 Å². The first-order valence-corrected chi connectivity index (χ1v) is 8.72. The molecule has 0 aliphatic heterocycles. The molecule has 2 nitrogen and oxygen atoms in total. The molecule has 0 bridgehead atoms. The zero-order valence-corrected chi connectivity index (χ0v) is 14.8. The predicted octanol–water partition coefficient (Wildman–Crippen LogP) is 6.02. The number of aromatic nitrogens is 1. The first-order valence-electron chi connectivity index (χ1n) is 6.36. The maximum absolute atomic E-state index is 6.16. The fraction of sp³-hybridized carbons (Fsp3) is 0.133. The second-order valence-corrected chi connectivity index (χ2v) is 7.33. The number of thiazole rings is 1. The SMILES string of the molecule is Clc1ccc(CCNc2nc3cc(Br)ccc3s2)c(Cl)c1. The van der Waals surface area contributed by atoms with Crippen molar-refractivity contribution < 1.29 is 0 Å². The van der Waals surface area contributed by atoms with Crippen LogP contribution in [0.2, 0.25) is 10.0 Å². The lowest BCUT2D eigenvalue weighted by Gasteiger charge is -2.05. The highest BCUT2D eigenvalue weighted by atomic mass is 79.9. The third-order valence-corrected chi connectivity index (χ3v) is 5.11. The van der Waals surface area contributed by atoms with Crippen LogP contribution in [0.15, 0.2) is 40.9 Å². The molecule has 2 aromatic carbocycles. The van der Waals surface area contributed by atoms with Crippen LogP contribution in [0.5, 0.6) is 0 Å². The van der Waals surface area contributed by atoms with Crippen molar-refractivity contribution in [3.05, 3.63) is 56.5 Å². The van der Waals surface area contributed by atoms with Crippen molar-refractivity contribution in [1.29, 1.82) is 0 Å². The third-order valence-electron chi connectivity index (χ3n) is 3.04. The topological polar surface area (TPSA) is 24.9 Å². The second kappa shape index (κ2) is 6.53. The largest absolute Gasteiger partial charge is 0.361 e. The zero-order valence-electron chi connectivity index (χ0n) is 10.9. The molecule has 0 aliphatic rings. The highest BCUT2D eigenvalue weighted by Gasteiger charge is 2.05. The second-order valence-electron chi connectivity index (χ2n) is 4.54. The molecule has 0 aliphatic carbocycles. The summed E-state index contributed by atoms with van der Waals surface area (Å²) >= 11 is 17.2. The van der Waals surface area contributed by atoms with Gasteiger partial charge in [-0.2, -0.15) is 0 Å². The van der Waals surface area contributed by atoms with Gasteiger partial charge in [-0.1, -0.05) is 56.5 Å². The van der Waals surface area contributed by atoms with Gasteiger partial charge in [0.05, 0.1) is 10.2 Å². The van der Waals surface area contributed by atoms with Crippen LogP contribution in [0, 0.1) is 0 Å². The van der Waals surface area contributed by atoms with Crippen molar-refractivity contribution >= 4 is 65.8 Å². The maximum atomic E-state index is 6.16. The average Bonchev–Trinajstić information content (AvgIpc) is 2.83. The quantitative estimate of drug-likeness (QED) is 0.578. The van der Waals surface area contributed by atoms with Gasteiger partial charge in [0, 0.05) is 21.1 Å². The van der Waals surface area contributed by atoms with Gasteiger partial charge >= 0.3 is 0 Å². The summed E-state index contributed by atoms with van der Waals surface area (Å²) in [4.78, 5) is 4.56. The van der Waals surface area contributed by atoms with Crippen LogP contribution in [0.3, 0.4) is 0 Å². The van der Waals surface area contributed by atoms with E-state index >= 15 is 0 Å². The number of nitrogens with one attached hydrogen (secondary N) is 1. The Balaban J connectivity index is 1.66. The highest BCUT2D eigenvalue weighted by Crippen LogP contribution is 2.28. The Morgan fingerprint density at radius 1 is 1.14 bits per heavy atom. The molecular formula is C15H11BrCl2N2S. The Hall–Kier alpha value is -0.810. The Kier molecular flexibility index (Phi) is 4.69. The van der Waals surface area contributed by atoms with Gasteiger partial charge in [0.2, 0.25) is 0 Å². The molecule has 0 saturated heterocycles. The molecule has 1 heterocycles. The number of halogens is 3. The molecule has 0 saturated carbocycles. The lowest BCUT2D eigenvalue weighted by atomic mass is 10.1. The van der Waals surface area contributed by atoms with Gasteiger partial charge in [0.25, 0.3) is 0 Å². The fourth-order valence-corrected chi connectivity index (χ4v) is 3.73. The van der Waals surface area contributed by atoms with E-state index in [1.165, 1.54) is 4.70 Å². The van der Waals surface area contributed by atoms with E-state index < -0.39 is 0 Å². The lowest BCUT2D eigenvalue weighted by Crippen LogP contribution is -2.04. The Morgan fingerprint density at radius 3 is 2.81 bits per heavy atom. The Morgan fingerprint density at radius 2 is 2.00 bits per heavy atom. The minimum atomic E-state index is 0.661. The lowest BCUT2D eigenvalue weighted by molar-refractivity contribution is 1.02. The number of fused-ring (bicyclic) bond motifs is 1. The number of hydrogen-bond donors (Lipinski definition) is 1. The monoisotopic (exact) mass is 400 g/mol. The molecule has 1 N–H and O–H groups in total. The van der Waals surface area contributed by atoms with Crippen molar-refractivity contribution in [2.45, 2.75) is 6.42 Å². The molecule has 0 radical (unpaired) electrons. The van der Waals surface area contributed by atoms with Crippen LogP contribution >= 0.6 is 50.5 Å². The fourth-order valence-electron chi connectivity index (χ4n) is 2.00. The number of hydrogen-bond acceptors (Lipinski definition) is 3. The highest BCUT2D eigenvalue weighted by molar-refractivity contribution is 9.10. The Bertz CT molecular complexity index is 788. The molecular weight excluding hydrogens is 391 g/mol. The van der Waals surface area contributed by atoms with Crippen molar-refractivity contribution in [1.82, 2.24) is 4.98 Å². The summed E-state index contributed by atoms with van der Waals surface area (Å²) in [5.41, 5.74) is 2.08. The van der Waals surface area contributed by atoms with Gasteiger partial charge in [0.1, 0.15) is 0 Å². The van der Waals surface area contributed by atoms with Crippen LogP contribution < -0.4 is 5.32 Å². The molecule has 21 heavy (non-hydrogen) atoms. The Labute approximate surface area is 145 Å². The van der Waals surface area contributed by atoms with E-state index in [1.807, 2.05) is 24.3 Å². The molecule has 0 atom stereocenters. The van der Waals surface area contributed by atoms with Crippen LogP contribution in [0.1, 0.15) is 5.56 Å². The molecule has 0 amide bonds. The number of rotatable bonds is 4. The molecule has 3 rings (SSSR count). The minimum Gasteiger partial charge on any atom is -0.361 e. The summed E-state index contributed by atoms with van der Waals surface area (Å²) in [5.74, 6) is 0. The van der Waals surface area contributed by atoms with E-state index in [2.05, 4.69) is 32.3 Å². The van der Waals surface area contributed by atoms with Crippen molar-refractivity contribution in [2.24, 2.45) is 0 Å². The summed E-state index contributed by atoms with van der Waals surface area (Å²) in [6, 6.07) is 11.7. The molecule has 3 aromatic rings. The summed E-state index contributed by atoms with van der Waals surface area (Å²) in [5, 5.41) is 5.64. The van der Waals surface area contributed by atoms with E-state index in [-0.39, 0.29) is 0 Å². The van der Waals surface area contributed by atoms with Crippen LogP contribution in [0.25, 0.3) is 10.2 Å². The van der Waals surface area contributed by atoms with Gasteiger partial charge in [-0.25, -0.2) is 4.98 Å². The summed E-state index contributed by atoms with van der Waals surface area (Å²) in [6.07, 6.45) is 0.829. The van der Waals surface area contributed by atoms with E-state index in [9.17, 15) is 0 Å². The van der Waals surface area contributed by atoms with Crippen molar-refractivity contribution in [3.8, 4) is 0 Å². The van der Waals surface area contributed by atoms with Crippen molar-refractivity contribution in [2.75, 3.05) is 11.9 Å². The van der Waals surface area contributed by atoms with E-state index in [4.69, 9.17) is 23.2 Å². The number of nitrogens with zero attached hydrogens (tertiary/aromatic N) is 1. The number of benzene rings is 2. The average molecular weight is 402 g/mol. The van der Waals surface area contributed by atoms with Gasteiger partial charge in [-0.3, -0.25) is 0 Å². The molecule has 6 heteroatoms. The molecule has 0 fully saturated rings. The van der Waals surface area contributed by atoms with E-state index in [0.29, 0.717) is 10.0 Å². The third kappa shape index (κ3) is 3.69. The van der Waals surface area contributed by atoms with Crippen LogP contribution in [0.4, 0.5) is 5.13 Å². The molecule has 0 unspecified atom stereocenters. The maximum Gasteiger partial charge on any atom is 0.183 e. The van der Waals surface area contributed by atoms with Crippen molar-refractivity contribution in [3.63, 3.8) is 0 Å². The normalized spacial score (nSPS) is 11.0. The smallest absolute Gasteiger partial charge is 0.183 e. The van der Waals surface area contributed by atoms with E-state index in [1.54, 1.807) is 17.4 Å². The molecule has 1 aromatic heterocycles. The summed E-state index contributed by atoms with van der Waals surface area (Å²) in [7, 11) is 0.